The summed E-state index contributed by atoms with van der Waals surface area (Å²) in [5.41, 5.74) is 1.96. The number of aromatic hydroxyl groups is 1. The molecule has 0 unspecified atom stereocenters. The lowest BCUT2D eigenvalue weighted by molar-refractivity contribution is 0.304. The molecule has 0 bridgehead atoms. The van der Waals surface area contributed by atoms with Gasteiger partial charge in [0.1, 0.15) is 18.1 Å². The highest BCUT2D eigenvalue weighted by atomic mass is 16.5. The maximum Gasteiger partial charge on any atom is 0.138 e. The number of ether oxygens (including phenoxy) is 1. The number of hydrogen-bond donors (Lipinski definition) is 2. The zero-order valence-corrected chi connectivity index (χ0v) is 11.2. The third kappa shape index (κ3) is 3.71. The highest BCUT2D eigenvalue weighted by molar-refractivity contribution is 5.27. The van der Waals surface area contributed by atoms with Crippen molar-refractivity contribution in [2.45, 2.75) is 32.0 Å². The van der Waals surface area contributed by atoms with Gasteiger partial charge in [-0.25, -0.2) is 0 Å². The molecule has 1 aliphatic rings. The lowest BCUT2D eigenvalue weighted by Crippen LogP contribution is -2.16. The van der Waals surface area contributed by atoms with Gasteiger partial charge in [-0.3, -0.25) is 4.98 Å². The zero-order chi connectivity index (χ0) is 13.8. The van der Waals surface area contributed by atoms with Crippen LogP contribution in [-0.4, -0.2) is 16.1 Å². The third-order valence-corrected chi connectivity index (χ3v) is 3.26. The Kier molecular flexibility index (Phi) is 3.83. The van der Waals surface area contributed by atoms with Gasteiger partial charge in [-0.2, -0.15) is 0 Å². The average Bonchev–Trinajstić information content (AvgIpc) is 3.28. The van der Waals surface area contributed by atoms with Crippen molar-refractivity contribution in [3.8, 4) is 11.5 Å². The number of benzene rings is 1. The second-order valence-corrected chi connectivity index (χ2v) is 5.10. The SMILES string of the molecule is Oc1cccc(COc2ccc(CNC3CC3)nc2)c1. The van der Waals surface area contributed by atoms with Crippen molar-refractivity contribution in [3.05, 3.63) is 53.9 Å². The van der Waals surface area contributed by atoms with Crippen molar-refractivity contribution in [1.82, 2.24) is 10.3 Å². The van der Waals surface area contributed by atoms with Gasteiger partial charge in [-0.1, -0.05) is 12.1 Å². The molecule has 1 saturated carbocycles. The molecule has 4 nitrogen and oxygen atoms in total. The van der Waals surface area contributed by atoms with E-state index in [-0.39, 0.29) is 5.75 Å². The number of nitrogens with zero attached hydrogens (tertiary/aromatic N) is 1. The Hall–Kier alpha value is -2.07. The number of aromatic nitrogens is 1. The van der Waals surface area contributed by atoms with E-state index in [4.69, 9.17) is 4.74 Å². The molecule has 0 aliphatic heterocycles. The fourth-order valence-electron chi connectivity index (χ4n) is 1.95. The van der Waals surface area contributed by atoms with Gasteiger partial charge in [0, 0.05) is 12.6 Å². The molecule has 4 heteroatoms. The molecule has 0 amide bonds. The minimum Gasteiger partial charge on any atom is -0.508 e. The van der Waals surface area contributed by atoms with Crippen LogP contribution in [0.2, 0.25) is 0 Å². The maximum absolute atomic E-state index is 9.38. The number of phenols is 1. The Bertz CT molecular complexity index is 565. The Morgan fingerprint density at radius 2 is 2.15 bits per heavy atom. The van der Waals surface area contributed by atoms with Crippen LogP contribution in [-0.2, 0) is 13.2 Å². The summed E-state index contributed by atoms with van der Waals surface area (Å²) in [5, 5.41) is 12.8. The summed E-state index contributed by atoms with van der Waals surface area (Å²) in [6.45, 7) is 1.24. The molecule has 0 spiro atoms. The number of rotatable bonds is 6. The van der Waals surface area contributed by atoms with Crippen LogP contribution in [0.15, 0.2) is 42.6 Å². The average molecular weight is 270 g/mol. The standard InChI is InChI=1S/C16H18N2O2/c19-15-3-1-2-12(8-15)11-20-16-7-6-14(18-10-16)9-17-13-4-5-13/h1-3,6-8,10,13,17,19H,4-5,9,11H2. The normalized spacial score (nSPS) is 14.2. The topological polar surface area (TPSA) is 54.4 Å². The van der Waals surface area contributed by atoms with Crippen LogP contribution >= 0.6 is 0 Å². The maximum atomic E-state index is 9.38. The van der Waals surface area contributed by atoms with E-state index in [0.29, 0.717) is 12.6 Å². The number of phenolic OH excluding ortho intramolecular Hbond substituents is 1. The molecule has 0 radical (unpaired) electrons. The summed E-state index contributed by atoms with van der Waals surface area (Å²) in [7, 11) is 0. The molecule has 1 aliphatic carbocycles. The number of pyridine rings is 1. The summed E-state index contributed by atoms with van der Waals surface area (Å²) in [4.78, 5) is 4.37. The van der Waals surface area contributed by atoms with Crippen LogP contribution in [0, 0.1) is 0 Å². The summed E-state index contributed by atoms with van der Waals surface area (Å²) < 4.78 is 5.65. The minimum absolute atomic E-state index is 0.255. The van der Waals surface area contributed by atoms with E-state index in [1.54, 1.807) is 24.4 Å². The van der Waals surface area contributed by atoms with Crippen molar-refractivity contribution in [3.63, 3.8) is 0 Å². The molecule has 1 fully saturated rings. The molecule has 0 atom stereocenters. The van der Waals surface area contributed by atoms with Crippen LogP contribution in [0.1, 0.15) is 24.1 Å². The first-order chi connectivity index (χ1) is 9.79. The Morgan fingerprint density at radius 3 is 2.85 bits per heavy atom. The van der Waals surface area contributed by atoms with Crippen molar-refractivity contribution in [2.75, 3.05) is 0 Å². The molecule has 1 heterocycles. The smallest absolute Gasteiger partial charge is 0.138 e. The molecule has 3 rings (SSSR count). The van der Waals surface area contributed by atoms with Crippen molar-refractivity contribution < 1.29 is 9.84 Å². The van der Waals surface area contributed by atoms with E-state index in [9.17, 15) is 5.11 Å². The van der Waals surface area contributed by atoms with Crippen LogP contribution in [0.5, 0.6) is 11.5 Å². The highest BCUT2D eigenvalue weighted by Crippen LogP contribution is 2.19. The monoisotopic (exact) mass is 270 g/mol. The summed E-state index contributed by atoms with van der Waals surface area (Å²) >= 11 is 0. The molecule has 1 aromatic carbocycles. The van der Waals surface area contributed by atoms with E-state index in [1.165, 1.54) is 12.8 Å². The van der Waals surface area contributed by atoms with Crippen LogP contribution in [0.3, 0.4) is 0 Å². The van der Waals surface area contributed by atoms with Gasteiger partial charge in [0.05, 0.1) is 11.9 Å². The Balaban J connectivity index is 1.52. The van der Waals surface area contributed by atoms with Crippen molar-refractivity contribution in [2.24, 2.45) is 0 Å². The molecule has 1 aromatic heterocycles. The fraction of sp³-hybridized carbons (Fsp3) is 0.312. The molecular weight excluding hydrogens is 252 g/mol. The van der Waals surface area contributed by atoms with E-state index in [0.717, 1.165) is 23.6 Å². The molecule has 20 heavy (non-hydrogen) atoms. The summed E-state index contributed by atoms with van der Waals surface area (Å²) in [6.07, 6.45) is 4.31. The predicted molar refractivity (Wildman–Crippen MR) is 76.5 cm³/mol. The molecular formula is C16H18N2O2. The van der Waals surface area contributed by atoms with Gasteiger partial charge >= 0.3 is 0 Å². The Labute approximate surface area is 118 Å². The first-order valence-corrected chi connectivity index (χ1v) is 6.88. The number of hydrogen-bond acceptors (Lipinski definition) is 4. The van der Waals surface area contributed by atoms with Gasteiger partial charge in [0.15, 0.2) is 0 Å². The first kappa shape index (κ1) is 12.9. The second kappa shape index (κ2) is 5.92. The third-order valence-electron chi connectivity index (χ3n) is 3.26. The fourth-order valence-corrected chi connectivity index (χ4v) is 1.95. The van der Waals surface area contributed by atoms with E-state index in [1.807, 2.05) is 18.2 Å². The van der Waals surface area contributed by atoms with Crippen LogP contribution < -0.4 is 10.1 Å². The van der Waals surface area contributed by atoms with Crippen molar-refractivity contribution in [1.29, 1.82) is 0 Å². The molecule has 2 N–H and O–H groups in total. The van der Waals surface area contributed by atoms with Gasteiger partial charge in [0.2, 0.25) is 0 Å². The van der Waals surface area contributed by atoms with Gasteiger partial charge in [0.25, 0.3) is 0 Å². The lowest BCUT2D eigenvalue weighted by atomic mass is 10.2. The number of nitrogens with one attached hydrogen (secondary N) is 1. The van der Waals surface area contributed by atoms with Crippen molar-refractivity contribution >= 4 is 0 Å². The first-order valence-electron chi connectivity index (χ1n) is 6.88. The van der Waals surface area contributed by atoms with Crippen LogP contribution in [0.4, 0.5) is 0 Å². The predicted octanol–water partition coefficient (Wildman–Crippen LogP) is 2.62. The molecule has 2 aromatic rings. The lowest BCUT2D eigenvalue weighted by Gasteiger charge is -2.07. The van der Waals surface area contributed by atoms with E-state index < -0.39 is 0 Å². The highest BCUT2D eigenvalue weighted by Gasteiger charge is 2.19. The zero-order valence-electron chi connectivity index (χ0n) is 11.2. The van der Waals surface area contributed by atoms with Gasteiger partial charge < -0.3 is 15.2 Å². The molecule has 0 saturated heterocycles. The molecule has 104 valence electrons. The largest absolute Gasteiger partial charge is 0.508 e. The quantitative estimate of drug-likeness (QED) is 0.847. The Morgan fingerprint density at radius 1 is 1.25 bits per heavy atom. The van der Waals surface area contributed by atoms with Crippen LogP contribution in [0.25, 0.3) is 0 Å². The van der Waals surface area contributed by atoms with Gasteiger partial charge in [-0.15, -0.1) is 0 Å². The van der Waals surface area contributed by atoms with E-state index in [2.05, 4.69) is 10.3 Å². The minimum atomic E-state index is 0.255. The van der Waals surface area contributed by atoms with E-state index >= 15 is 0 Å². The summed E-state index contributed by atoms with van der Waals surface area (Å²) in [5.74, 6) is 0.995. The summed E-state index contributed by atoms with van der Waals surface area (Å²) in [6, 6.07) is 11.7. The van der Waals surface area contributed by atoms with Gasteiger partial charge in [-0.05, 0) is 42.7 Å². The second-order valence-electron chi connectivity index (χ2n) is 5.10.